The molecule has 0 aliphatic carbocycles. The third-order valence-corrected chi connectivity index (χ3v) is 4.81. The lowest BCUT2D eigenvalue weighted by atomic mass is 10.1. The van der Waals surface area contributed by atoms with Crippen LogP contribution in [0, 0.1) is 25.2 Å². The molecular weight excluding hydrogens is 416 g/mol. The first-order valence-corrected chi connectivity index (χ1v) is 10.3. The van der Waals surface area contributed by atoms with Crippen molar-refractivity contribution in [2.45, 2.75) is 26.9 Å². The Kier molecular flexibility index (Phi) is 7.92. The molecule has 0 bridgehead atoms. The van der Waals surface area contributed by atoms with Gasteiger partial charge in [0.1, 0.15) is 18.8 Å². The maximum Gasteiger partial charge on any atom is 0.249 e. The highest BCUT2D eigenvalue weighted by Gasteiger charge is 2.10. The summed E-state index contributed by atoms with van der Waals surface area (Å²) in [6.45, 7) is 4.09. The number of nitrogens with zero attached hydrogens (tertiary/aromatic N) is 2. The van der Waals surface area contributed by atoms with E-state index in [0.29, 0.717) is 22.6 Å². The number of benzene rings is 3. The van der Waals surface area contributed by atoms with Gasteiger partial charge < -0.3 is 10.1 Å². The zero-order valence-electron chi connectivity index (χ0n) is 18.5. The molecule has 0 radical (unpaired) electrons. The molecule has 33 heavy (non-hydrogen) atoms. The Labute approximate surface area is 192 Å². The smallest absolute Gasteiger partial charge is 0.249 e. The Hall–Kier alpha value is -4.44. The number of amides is 2. The maximum atomic E-state index is 12.2. The second kappa shape index (κ2) is 11.3. The predicted octanol–water partition coefficient (Wildman–Crippen LogP) is 4.23. The molecule has 0 aromatic heterocycles. The van der Waals surface area contributed by atoms with Crippen molar-refractivity contribution >= 4 is 23.7 Å². The monoisotopic (exact) mass is 440 g/mol. The van der Waals surface area contributed by atoms with E-state index in [2.05, 4.69) is 21.9 Å². The summed E-state index contributed by atoms with van der Waals surface area (Å²) in [5.74, 6) is -0.403. The van der Waals surface area contributed by atoms with Crippen LogP contribution >= 0.6 is 0 Å². The van der Waals surface area contributed by atoms with E-state index in [4.69, 9.17) is 4.74 Å². The molecule has 0 aliphatic heterocycles. The maximum absolute atomic E-state index is 12.2. The lowest BCUT2D eigenvalue weighted by Crippen LogP contribution is -2.24. The van der Waals surface area contributed by atoms with Crippen LogP contribution in [0.4, 0.5) is 5.69 Å². The van der Waals surface area contributed by atoms with E-state index in [1.165, 1.54) is 6.21 Å². The molecule has 7 nitrogen and oxygen atoms in total. The molecule has 0 saturated carbocycles. The van der Waals surface area contributed by atoms with E-state index in [1.807, 2.05) is 56.3 Å². The molecule has 3 rings (SSSR count). The van der Waals surface area contributed by atoms with Gasteiger partial charge in [-0.05, 0) is 43.7 Å². The first kappa shape index (κ1) is 23.2. The minimum Gasteiger partial charge on any atom is -0.488 e. The normalized spacial score (nSPS) is 10.5. The summed E-state index contributed by atoms with van der Waals surface area (Å²) < 4.78 is 5.85. The summed E-state index contributed by atoms with van der Waals surface area (Å²) in [6.07, 6.45) is 1.10. The number of hydrogen-bond acceptors (Lipinski definition) is 5. The SMILES string of the molecule is Cc1ccc(NC(=O)CC(=O)NN=Cc2ccccc2OCc2ccccc2C#N)c(C)c1. The molecule has 0 atom stereocenters. The number of nitrogens with one attached hydrogen (secondary N) is 2. The Morgan fingerprint density at radius 2 is 1.79 bits per heavy atom. The summed E-state index contributed by atoms with van der Waals surface area (Å²) in [5.41, 5.74) is 7.02. The van der Waals surface area contributed by atoms with Crippen molar-refractivity contribution < 1.29 is 14.3 Å². The van der Waals surface area contributed by atoms with E-state index in [0.717, 1.165) is 16.7 Å². The van der Waals surface area contributed by atoms with Gasteiger partial charge in [-0.1, -0.05) is 48.0 Å². The molecular formula is C26H24N4O3. The molecule has 0 unspecified atom stereocenters. The van der Waals surface area contributed by atoms with Gasteiger partial charge in [0.2, 0.25) is 11.8 Å². The Morgan fingerprint density at radius 3 is 2.58 bits per heavy atom. The van der Waals surface area contributed by atoms with Crippen molar-refractivity contribution in [2.24, 2.45) is 5.10 Å². The van der Waals surface area contributed by atoms with E-state index in [9.17, 15) is 14.9 Å². The third-order valence-electron chi connectivity index (χ3n) is 4.81. The zero-order valence-corrected chi connectivity index (χ0v) is 18.5. The molecule has 7 heteroatoms. The summed E-state index contributed by atoms with van der Waals surface area (Å²) in [7, 11) is 0. The Morgan fingerprint density at radius 1 is 1.03 bits per heavy atom. The van der Waals surface area contributed by atoms with Crippen LogP contribution in [0.25, 0.3) is 0 Å². The van der Waals surface area contributed by atoms with Crippen molar-refractivity contribution in [2.75, 3.05) is 5.32 Å². The van der Waals surface area contributed by atoms with Crippen LogP contribution in [0.15, 0.2) is 71.8 Å². The quantitative estimate of drug-likeness (QED) is 0.311. The van der Waals surface area contributed by atoms with E-state index < -0.39 is 11.8 Å². The molecule has 3 aromatic rings. The first-order valence-electron chi connectivity index (χ1n) is 10.3. The van der Waals surface area contributed by atoms with Crippen LogP contribution in [0.3, 0.4) is 0 Å². The molecule has 2 N–H and O–H groups in total. The Balaban J connectivity index is 1.55. The number of ether oxygens (including phenoxy) is 1. The zero-order chi connectivity index (χ0) is 23.6. The highest BCUT2D eigenvalue weighted by molar-refractivity contribution is 6.04. The lowest BCUT2D eigenvalue weighted by molar-refractivity contribution is -0.126. The number of carbonyl (C=O) groups excluding carboxylic acids is 2. The van der Waals surface area contributed by atoms with Crippen molar-refractivity contribution in [1.29, 1.82) is 5.26 Å². The number of hydrazone groups is 1. The molecule has 2 amide bonds. The fourth-order valence-corrected chi connectivity index (χ4v) is 3.14. The fourth-order valence-electron chi connectivity index (χ4n) is 3.14. The average Bonchev–Trinajstić information content (AvgIpc) is 2.80. The van der Waals surface area contributed by atoms with Crippen LogP contribution in [-0.4, -0.2) is 18.0 Å². The molecule has 166 valence electrons. The van der Waals surface area contributed by atoms with Crippen molar-refractivity contribution in [3.63, 3.8) is 0 Å². The number of rotatable bonds is 8. The van der Waals surface area contributed by atoms with Crippen LogP contribution in [-0.2, 0) is 16.2 Å². The number of nitriles is 1. The number of aryl methyl sites for hydroxylation is 2. The number of carbonyl (C=O) groups is 2. The first-order chi connectivity index (χ1) is 16.0. The second-order valence-electron chi connectivity index (χ2n) is 7.43. The van der Waals surface area contributed by atoms with Gasteiger partial charge in [0, 0.05) is 16.8 Å². The van der Waals surface area contributed by atoms with E-state index >= 15 is 0 Å². The van der Waals surface area contributed by atoms with Crippen LogP contribution < -0.4 is 15.5 Å². The third kappa shape index (κ3) is 6.77. The van der Waals surface area contributed by atoms with Gasteiger partial charge in [0.25, 0.3) is 0 Å². The van der Waals surface area contributed by atoms with Crippen molar-refractivity contribution in [1.82, 2.24) is 5.43 Å². The van der Waals surface area contributed by atoms with Gasteiger partial charge in [0.15, 0.2) is 0 Å². The summed E-state index contributed by atoms with van der Waals surface area (Å²) in [6, 6.07) is 22.2. The second-order valence-corrected chi connectivity index (χ2v) is 7.43. The number of para-hydroxylation sites is 1. The van der Waals surface area contributed by atoms with Gasteiger partial charge in [-0.2, -0.15) is 10.4 Å². The molecule has 0 heterocycles. The van der Waals surface area contributed by atoms with Crippen molar-refractivity contribution in [3.05, 3.63) is 94.5 Å². The highest BCUT2D eigenvalue weighted by atomic mass is 16.5. The molecule has 0 aliphatic rings. The number of anilines is 1. The fraction of sp³-hybridized carbons (Fsp3) is 0.154. The molecule has 3 aromatic carbocycles. The average molecular weight is 441 g/mol. The molecule has 0 fully saturated rings. The van der Waals surface area contributed by atoms with Crippen molar-refractivity contribution in [3.8, 4) is 11.8 Å². The molecule has 0 spiro atoms. The van der Waals surface area contributed by atoms with E-state index in [1.54, 1.807) is 24.3 Å². The van der Waals surface area contributed by atoms with Crippen LogP contribution in [0.5, 0.6) is 5.75 Å². The van der Waals surface area contributed by atoms with Gasteiger partial charge in [-0.3, -0.25) is 9.59 Å². The minimum absolute atomic E-state index is 0.222. The summed E-state index contributed by atoms with van der Waals surface area (Å²) >= 11 is 0. The highest BCUT2D eigenvalue weighted by Crippen LogP contribution is 2.19. The number of hydrogen-bond donors (Lipinski definition) is 2. The minimum atomic E-state index is -0.533. The topological polar surface area (TPSA) is 104 Å². The lowest BCUT2D eigenvalue weighted by Gasteiger charge is -2.10. The van der Waals surface area contributed by atoms with Gasteiger partial charge in [-0.15, -0.1) is 0 Å². The van der Waals surface area contributed by atoms with Crippen LogP contribution in [0.2, 0.25) is 0 Å². The molecule has 0 saturated heterocycles. The summed E-state index contributed by atoms with van der Waals surface area (Å²) in [5, 5.41) is 15.9. The Bertz CT molecular complexity index is 1230. The standard InChI is InChI=1S/C26H24N4O3/c1-18-11-12-23(19(2)13-18)29-25(31)14-26(32)30-28-16-21-8-5-6-10-24(21)33-17-22-9-4-3-7-20(22)15-27/h3-13,16H,14,17H2,1-2H3,(H,29,31)(H,30,32). The predicted molar refractivity (Wildman–Crippen MR) is 127 cm³/mol. The largest absolute Gasteiger partial charge is 0.488 e. The van der Waals surface area contributed by atoms with Gasteiger partial charge >= 0.3 is 0 Å². The van der Waals surface area contributed by atoms with E-state index in [-0.39, 0.29) is 13.0 Å². The van der Waals surface area contributed by atoms with Gasteiger partial charge in [-0.25, -0.2) is 5.43 Å². The van der Waals surface area contributed by atoms with Crippen LogP contribution in [0.1, 0.15) is 34.2 Å². The van der Waals surface area contributed by atoms with Gasteiger partial charge in [0.05, 0.1) is 17.8 Å². The summed E-state index contributed by atoms with van der Waals surface area (Å²) in [4.78, 5) is 24.2.